The van der Waals surface area contributed by atoms with Crippen molar-refractivity contribution >= 4 is 17.5 Å². The Bertz CT molecular complexity index is 556. The standard InChI is InChI=1S/C17H22ClFN2O2/c18-16-11-15(19)2-1-14(16)12-20-5-3-13(4-6-20)17(22)21-7-9-23-10-8-21/h1-2,11,13H,3-10,12H2. The van der Waals surface area contributed by atoms with Crippen LogP contribution in [0.2, 0.25) is 5.02 Å². The quantitative estimate of drug-likeness (QED) is 0.847. The molecule has 2 saturated heterocycles. The number of hydrogen-bond donors (Lipinski definition) is 0. The van der Waals surface area contributed by atoms with E-state index in [9.17, 15) is 9.18 Å². The second-order valence-corrected chi connectivity index (χ2v) is 6.63. The fourth-order valence-electron chi connectivity index (χ4n) is 3.27. The van der Waals surface area contributed by atoms with Crippen LogP contribution < -0.4 is 0 Å². The average molecular weight is 341 g/mol. The van der Waals surface area contributed by atoms with E-state index in [1.54, 1.807) is 6.07 Å². The number of likely N-dealkylation sites (tertiary alicyclic amines) is 1. The van der Waals surface area contributed by atoms with E-state index in [2.05, 4.69) is 4.90 Å². The van der Waals surface area contributed by atoms with E-state index in [-0.39, 0.29) is 17.6 Å². The van der Waals surface area contributed by atoms with Crippen molar-refractivity contribution in [1.82, 2.24) is 9.80 Å². The van der Waals surface area contributed by atoms with Crippen molar-refractivity contribution in [2.75, 3.05) is 39.4 Å². The van der Waals surface area contributed by atoms with Gasteiger partial charge in [0.2, 0.25) is 5.91 Å². The maximum absolute atomic E-state index is 13.1. The van der Waals surface area contributed by atoms with Gasteiger partial charge in [-0.25, -0.2) is 4.39 Å². The van der Waals surface area contributed by atoms with E-state index in [1.165, 1.54) is 12.1 Å². The second-order valence-electron chi connectivity index (χ2n) is 6.22. The zero-order valence-corrected chi connectivity index (χ0v) is 13.9. The number of carbonyl (C=O) groups is 1. The summed E-state index contributed by atoms with van der Waals surface area (Å²) in [6.07, 6.45) is 1.74. The van der Waals surface area contributed by atoms with E-state index in [4.69, 9.17) is 16.3 Å². The van der Waals surface area contributed by atoms with Crippen LogP contribution in [-0.2, 0) is 16.1 Å². The molecule has 0 aliphatic carbocycles. The largest absolute Gasteiger partial charge is 0.378 e. The summed E-state index contributed by atoms with van der Waals surface area (Å²) in [5.74, 6) is 0.0781. The summed E-state index contributed by atoms with van der Waals surface area (Å²) in [6.45, 7) is 5.16. The van der Waals surface area contributed by atoms with Gasteiger partial charge in [0.05, 0.1) is 13.2 Å². The molecule has 2 aliphatic rings. The molecule has 23 heavy (non-hydrogen) atoms. The van der Waals surface area contributed by atoms with Gasteiger partial charge in [-0.15, -0.1) is 0 Å². The van der Waals surface area contributed by atoms with Gasteiger partial charge in [0, 0.05) is 30.6 Å². The van der Waals surface area contributed by atoms with Gasteiger partial charge in [0.25, 0.3) is 0 Å². The smallest absolute Gasteiger partial charge is 0.225 e. The first-order valence-electron chi connectivity index (χ1n) is 8.16. The van der Waals surface area contributed by atoms with E-state index < -0.39 is 0 Å². The van der Waals surface area contributed by atoms with Crippen molar-refractivity contribution in [3.8, 4) is 0 Å². The molecule has 3 rings (SSSR count). The Morgan fingerprint density at radius 1 is 1.22 bits per heavy atom. The maximum atomic E-state index is 13.1. The Morgan fingerprint density at radius 2 is 1.91 bits per heavy atom. The summed E-state index contributed by atoms with van der Waals surface area (Å²) >= 11 is 6.09. The molecule has 4 nitrogen and oxygen atoms in total. The number of hydrogen-bond acceptors (Lipinski definition) is 3. The number of nitrogens with zero attached hydrogens (tertiary/aromatic N) is 2. The van der Waals surface area contributed by atoms with E-state index >= 15 is 0 Å². The summed E-state index contributed by atoms with van der Waals surface area (Å²) in [5, 5.41) is 0.469. The highest BCUT2D eigenvalue weighted by Crippen LogP contribution is 2.24. The topological polar surface area (TPSA) is 32.8 Å². The molecule has 1 aromatic carbocycles. The van der Waals surface area contributed by atoms with Crippen molar-refractivity contribution in [2.24, 2.45) is 5.92 Å². The minimum absolute atomic E-state index is 0.119. The normalized spacial score (nSPS) is 20.7. The molecule has 0 radical (unpaired) electrons. The van der Waals surface area contributed by atoms with Gasteiger partial charge < -0.3 is 9.64 Å². The molecule has 1 aromatic rings. The van der Waals surface area contributed by atoms with Gasteiger partial charge in [-0.3, -0.25) is 9.69 Å². The maximum Gasteiger partial charge on any atom is 0.225 e. The lowest BCUT2D eigenvalue weighted by Crippen LogP contribution is -2.46. The number of halogens is 2. The monoisotopic (exact) mass is 340 g/mol. The van der Waals surface area contributed by atoms with Crippen LogP contribution in [0.3, 0.4) is 0 Å². The molecule has 0 bridgehead atoms. The zero-order chi connectivity index (χ0) is 16.2. The van der Waals surface area contributed by atoms with E-state index in [0.29, 0.717) is 37.9 Å². The molecule has 2 heterocycles. The third kappa shape index (κ3) is 4.22. The fourth-order valence-corrected chi connectivity index (χ4v) is 3.50. The lowest BCUT2D eigenvalue weighted by Gasteiger charge is -2.35. The predicted molar refractivity (Wildman–Crippen MR) is 86.8 cm³/mol. The molecular weight excluding hydrogens is 319 g/mol. The molecule has 0 unspecified atom stereocenters. The van der Waals surface area contributed by atoms with Crippen molar-refractivity contribution in [3.63, 3.8) is 0 Å². The van der Waals surface area contributed by atoms with Gasteiger partial charge in [0.1, 0.15) is 5.82 Å². The minimum atomic E-state index is -0.312. The second kappa shape index (κ2) is 7.60. The molecule has 1 amide bonds. The first-order chi connectivity index (χ1) is 11.1. The summed E-state index contributed by atoms with van der Waals surface area (Å²) in [4.78, 5) is 16.7. The van der Waals surface area contributed by atoms with Crippen LogP contribution in [0.4, 0.5) is 4.39 Å². The number of carbonyl (C=O) groups excluding carboxylic acids is 1. The molecule has 0 N–H and O–H groups in total. The van der Waals surface area contributed by atoms with E-state index in [0.717, 1.165) is 31.5 Å². The molecule has 0 aromatic heterocycles. The number of rotatable bonds is 3. The Balaban J connectivity index is 1.51. The van der Waals surface area contributed by atoms with Gasteiger partial charge in [-0.1, -0.05) is 17.7 Å². The van der Waals surface area contributed by atoms with E-state index in [1.807, 2.05) is 4.90 Å². The average Bonchev–Trinajstić information content (AvgIpc) is 2.58. The number of ether oxygens (including phenoxy) is 1. The van der Waals surface area contributed by atoms with Gasteiger partial charge in [-0.05, 0) is 43.6 Å². The number of morpholine rings is 1. The van der Waals surface area contributed by atoms with Crippen LogP contribution in [0.1, 0.15) is 18.4 Å². The van der Waals surface area contributed by atoms with Crippen LogP contribution in [-0.4, -0.2) is 55.1 Å². The number of amides is 1. The van der Waals surface area contributed by atoms with Crippen molar-refractivity contribution in [3.05, 3.63) is 34.6 Å². The first kappa shape index (κ1) is 16.7. The Kier molecular flexibility index (Phi) is 5.51. The highest BCUT2D eigenvalue weighted by atomic mass is 35.5. The lowest BCUT2D eigenvalue weighted by molar-refractivity contribution is -0.141. The van der Waals surface area contributed by atoms with Crippen LogP contribution >= 0.6 is 11.6 Å². The summed E-state index contributed by atoms with van der Waals surface area (Å²) in [6, 6.07) is 4.53. The number of benzene rings is 1. The van der Waals surface area contributed by atoms with Crippen LogP contribution in [0.25, 0.3) is 0 Å². The van der Waals surface area contributed by atoms with Crippen molar-refractivity contribution < 1.29 is 13.9 Å². The summed E-state index contributed by atoms with van der Waals surface area (Å²) in [5.41, 5.74) is 0.936. The summed E-state index contributed by atoms with van der Waals surface area (Å²) in [7, 11) is 0. The summed E-state index contributed by atoms with van der Waals surface area (Å²) < 4.78 is 18.4. The van der Waals surface area contributed by atoms with Gasteiger partial charge >= 0.3 is 0 Å². The van der Waals surface area contributed by atoms with Crippen LogP contribution in [0.15, 0.2) is 18.2 Å². The SMILES string of the molecule is O=C(C1CCN(Cc2ccc(F)cc2Cl)CC1)N1CCOCC1. The Labute approximate surface area is 141 Å². The van der Waals surface area contributed by atoms with Gasteiger partial charge in [-0.2, -0.15) is 0 Å². The van der Waals surface area contributed by atoms with Crippen LogP contribution in [0, 0.1) is 11.7 Å². The Hall–Kier alpha value is -1.17. The van der Waals surface area contributed by atoms with Crippen LogP contribution in [0.5, 0.6) is 0 Å². The third-order valence-electron chi connectivity index (χ3n) is 4.67. The lowest BCUT2D eigenvalue weighted by atomic mass is 9.94. The molecule has 0 atom stereocenters. The molecule has 6 heteroatoms. The fraction of sp³-hybridized carbons (Fsp3) is 0.588. The molecule has 0 saturated carbocycles. The third-order valence-corrected chi connectivity index (χ3v) is 5.02. The molecule has 2 fully saturated rings. The molecular formula is C17H22ClFN2O2. The first-order valence-corrected chi connectivity index (χ1v) is 8.54. The highest BCUT2D eigenvalue weighted by Gasteiger charge is 2.29. The predicted octanol–water partition coefficient (Wildman–Crippen LogP) is 2.55. The highest BCUT2D eigenvalue weighted by molar-refractivity contribution is 6.31. The molecule has 0 spiro atoms. The van der Waals surface area contributed by atoms with Gasteiger partial charge in [0.15, 0.2) is 0 Å². The zero-order valence-electron chi connectivity index (χ0n) is 13.1. The van der Waals surface area contributed by atoms with Crippen molar-refractivity contribution in [1.29, 1.82) is 0 Å². The van der Waals surface area contributed by atoms with Crippen molar-refractivity contribution in [2.45, 2.75) is 19.4 Å². The molecule has 126 valence electrons. The molecule has 2 aliphatic heterocycles. The Morgan fingerprint density at radius 3 is 2.57 bits per heavy atom. The number of piperidine rings is 1. The minimum Gasteiger partial charge on any atom is -0.378 e.